The number of hydrogen-bond donors (Lipinski definition) is 1. The van der Waals surface area contributed by atoms with Gasteiger partial charge in [-0.3, -0.25) is 9.78 Å². The average Bonchev–Trinajstić information content (AvgIpc) is 3.27. The normalized spacial score (nSPS) is 18.9. The van der Waals surface area contributed by atoms with Gasteiger partial charge in [-0.05, 0) is 23.8 Å². The van der Waals surface area contributed by atoms with Gasteiger partial charge in [0.1, 0.15) is 15.7 Å². The van der Waals surface area contributed by atoms with Gasteiger partial charge in [0.05, 0.1) is 4.91 Å². The molecule has 10 heteroatoms. The van der Waals surface area contributed by atoms with Crippen molar-refractivity contribution in [2.45, 2.75) is 6.29 Å². The molecule has 1 N–H and O–H groups in total. The summed E-state index contributed by atoms with van der Waals surface area (Å²) in [5, 5.41) is 3.23. The van der Waals surface area contributed by atoms with Crippen LogP contribution in [0.2, 0.25) is 0 Å². The van der Waals surface area contributed by atoms with E-state index in [1.165, 1.54) is 12.1 Å². The number of nitrogens with one attached hydrogen (secondary N) is 1. The van der Waals surface area contributed by atoms with Crippen LogP contribution in [0.1, 0.15) is 5.76 Å². The molecule has 4 heterocycles. The van der Waals surface area contributed by atoms with Crippen LogP contribution in [0.25, 0.3) is 28.2 Å². The first-order valence-electron chi connectivity index (χ1n) is 7.91. The van der Waals surface area contributed by atoms with Gasteiger partial charge >= 0.3 is 6.29 Å². The van der Waals surface area contributed by atoms with Crippen molar-refractivity contribution >= 4 is 51.3 Å². The molecule has 1 aromatic carbocycles. The highest BCUT2D eigenvalue weighted by Gasteiger charge is 2.43. The number of carbonyl (C=O) groups excluding carboxylic acids is 1. The number of halogens is 2. The monoisotopic (exact) mass is 418 g/mol. The van der Waals surface area contributed by atoms with Gasteiger partial charge in [-0.2, -0.15) is 0 Å². The number of thioether (sulfide) groups is 1. The summed E-state index contributed by atoms with van der Waals surface area (Å²) in [6.45, 7) is 0. The van der Waals surface area contributed by atoms with Crippen LogP contribution < -0.4 is 14.8 Å². The lowest BCUT2D eigenvalue weighted by Gasteiger charge is -2.04. The highest BCUT2D eigenvalue weighted by molar-refractivity contribution is 8.26. The van der Waals surface area contributed by atoms with Crippen LogP contribution in [0.5, 0.6) is 11.5 Å². The minimum absolute atomic E-state index is 0.0426. The fraction of sp³-hybridized carbons (Fsp3) is 0.0556. The Morgan fingerprint density at radius 1 is 1.18 bits per heavy atom. The Hall–Kier alpha value is -2.98. The first-order valence-corrected chi connectivity index (χ1v) is 9.13. The van der Waals surface area contributed by atoms with Gasteiger partial charge in [0.25, 0.3) is 5.91 Å². The molecule has 0 unspecified atom stereocenters. The van der Waals surface area contributed by atoms with Crippen molar-refractivity contribution in [1.29, 1.82) is 0 Å². The molecule has 2 aliphatic heterocycles. The minimum atomic E-state index is -3.69. The number of rotatable bonds is 2. The Morgan fingerprint density at radius 3 is 2.79 bits per heavy atom. The molecule has 0 radical (unpaired) electrons. The fourth-order valence-corrected chi connectivity index (χ4v) is 3.95. The first kappa shape index (κ1) is 17.1. The zero-order valence-corrected chi connectivity index (χ0v) is 15.3. The van der Waals surface area contributed by atoms with Gasteiger partial charge in [-0.1, -0.05) is 30.0 Å². The lowest BCUT2D eigenvalue weighted by Crippen LogP contribution is -2.25. The molecule has 0 aliphatic carbocycles. The molecule has 0 atom stereocenters. The third-order valence-electron chi connectivity index (χ3n) is 4.07. The van der Waals surface area contributed by atoms with E-state index < -0.39 is 6.29 Å². The number of nitrogens with zero attached hydrogens (tertiary/aromatic N) is 1. The summed E-state index contributed by atoms with van der Waals surface area (Å²) < 4.78 is 41.7. The molecule has 28 heavy (non-hydrogen) atoms. The van der Waals surface area contributed by atoms with Crippen LogP contribution in [0, 0.1) is 0 Å². The number of aromatic nitrogens is 1. The second-order valence-corrected chi connectivity index (χ2v) is 7.65. The maximum absolute atomic E-state index is 13.3. The Kier molecular flexibility index (Phi) is 3.68. The number of benzene rings is 1. The smallest absolute Gasteiger partial charge is 0.456 e. The predicted octanol–water partition coefficient (Wildman–Crippen LogP) is 4.31. The Bertz CT molecular complexity index is 1210. The van der Waals surface area contributed by atoms with Crippen molar-refractivity contribution in [2.24, 2.45) is 0 Å². The summed E-state index contributed by atoms with van der Waals surface area (Å²) in [5.41, 5.74) is 1.65. The number of amides is 1. The molecule has 0 bridgehead atoms. The molecule has 5 rings (SSSR count). The SMILES string of the molecule is O=C1NC(=S)S/C1=C/c1cc2cncc(-c3ccc4c(c3)OC(F)(F)O4)c2o1. The van der Waals surface area contributed by atoms with E-state index in [0.717, 1.165) is 11.8 Å². The van der Waals surface area contributed by atoms with Crippen LogP contribution >= 0.6 is 24.0 Å². The molecule has 3 aromatic rings. The van der Waals surface area contributed by atoms with E-state index in [1.54, 1.807) is 30.6 Å². The van der Waals surface area contributed by atoms with Gasteiger partial charge in [-0.15, -0.1) is 8.78 Å². The van der Waals surface area contributed by atoms with E-state index in [-0.39, 0.29) is 17.4 Å². The molecule has 1 fully saturated rings. The van der Waals surface area contributed by atoms with Crippen molar-refractivity contribution in [3.05, 3.63) is 47.3 Å². The largest absolute Gasteiger partial charge is 0.586 e. The van der Waals surface area contributed by atoms with E-state index in [2.05, 4.69) is 19.8 Å². The Balaban J connectivity index is 1.57. The second kappa shape index (κ2) is 6.01. The van der Waals surface area contributed by atoms with Crippen LogP contribution in [-0.2, 0) is 4.79 Å². The summed E-state index contributed by atoms with van der Waals surface area (Å²) in [6.07, 6.45) is 1.07. The van der Waals surface area contributed by atoms with Crippen LogP contribution in [0.15, 0.2) is 46.0 Å². The Morgan fingerprint density at radius 2 is 2.00 bits per heavy atom. The molecule has 2 aromatic heterocycles. The molecule has 1 amide bonds. The third-order valence-corrected chi connectivity index (χ3v) is 5.23. The zero-order chi connectivity index (χ0) is 19.5. The highest BCUT2D eigenvalue weighted by Crippen LogP contribution is 2.44. The van der Waals surface area contributed by atoms with Gasteiger partial charge < -0.3 is 19.2 Å². The number of pyridine rings is 1. The van der Waals surface area contributed by atoms with Crippen molar-refractivity contribution in [2.75, 3.05) is 0 Å². The van der Waals surface area contributed by atoms with E-state index >= 15 is 0 Å². The minimum Gasteiger partial charge on any atom is -0.456 e. The summed E-state index contributed by atoms with van der Waals surface area (Å²) in [6, 6.07) is 6.18. The summed E-state index contributed by atoms with van der Waals surface area (Å²) >= 11 is 6.11. The molecule has 140 valence electrons. The zero-order valence-electron chi connectivity index (χ0n) is 13.7. The maximum Gasteiger partial charge on any atom is 0.586 e. The lowest BCUT2D eigenvalue weighted by molar-refractivity contribution is -0.286. The number of fused-ring (bicyclic) bond motifs is 2. The average molecular weight is 418 g/mol. The molecule has 1 saturated heterocycles. The van der Waals surface area contributed by atoms with Crippen LogP contribution in [0.4, 0.5) is 8.78 Å². The number of thiocarbonyl (C=S) groups is 1. The molecular formula is C18H8F2N2O4S2. The number of hydrogen-bond acceptors (Lipinski definition) is 7. The van der Waals surface area contributed by atoms with Gasteiger partial charge in [0.2, 0.25) is 0 Å². The third kappa shape index (κ3) is 2.90. The highest BCUT2D eigenvalue weighted by atomic mass is 32.2. The lowest BCUT2D eigenvalue weighted by atomic mass is 10.1. The molecule has 2 aliphatic rings. The van der Waals surface area contributed by atoms with Crippen LogP contribution in [0.3, 0.4) is 0 Å². The van der Waals surface area contributed by atoms with Crippen molar-refractivity contribution in [1.82, 2.24) is 10.3 Å². The van der Waals surface area contributed by atoms with Crippen molar-refractivity contribution in [3.8, 4) is 22.6 Å². The fourth-order valence-electron chi connectivity index (χ4n) is 2.93. The topological polar surface area (TPSA) is 73.6 Å². The summed E-state index contributed by atoms with van der Waals surface area (Å²) in [7, 11) is 0. The van der Waals surface area contributed by atoms with Crippen molar-refractivity contribution in [3.63, 3.8) is 0 Å². The number of furan rings is 1. The first-order chi connectivity index (χ1) is 13.4. The predicted molar refractivity (Wildman–Crippen MR) is 102 cm³/mol. The molecule has 0 saturated carbocycles. The van der Waals surface area contributed by atoms with Crippen molar-refractivity contribution < 1.29 is 27.5 Å². The van der Waals surface area contributed by atoms with E-state index in [9.17, 15) is 13.6 Å². The number of carbonyl (C=O) groups is 1. The standard InChI is InChI=1S/C18H8F2N2O4S2/c19-18(20)25-12-2-1-8(4-13(12)26-18)11-7-21-6-9-3-10(24-15(9)11)5-14-16(23)22-17(27)28-14/h1-7H,(H,22,23,27)/b14-5+. The van der Waals surface area contributed by atoms with Crippen LogP contribution in [-0.4, -0.2) is 21.5 Å². The number of ether oxygens (including phenoxy) is 2. The van der Waals surface area contributed by atoms with E-state index in [1.807, 2.05) is 0 Å². The Labute approximate surface area is 165 Å². The quantitative estimate of drug-likeness (QED) is 0.491. The molecule has 6 nitrogen and oxygen atoms in total. The van der Waals surface area contributed by atoms with Gasteiger partial charge in [-0.25, -0.2) is 0 Å². The van der Waals surface area contributed by atoms with E-state index in [4.69, 9.17) is 16.6 Å². The summed E-state index contributed by atoms with van der Waals surface area (Å²) in [5.74, 6) is 0.0457. The van der Waals surface area contributed by atoms with Gasteiger partial charge in [0, 0.05) is 29.4 Å². The summed E-state index contributed by atoms with van der Waals surface area (Å²) in [4.78, 5) is 16.4. The van der Waals surface area contributed by atoms with Gasteiger partial charge in [0.15, 0.2) is 11.5 Å². The molecular weight excluding hydrogens is 410 g/mol. The second-order valence-electron chi connectivity index (χ2n) is 5.94. The maximum atomic E-state index is 13.3. The number of alkyl halides is 2. The molecule has 0 spiro atoms. The van der Waals surface area contributed by atoms with E-state index in [0.29, 0.717) is 37.1 Å².